The van der Waals surface area contributed by atoms with Gasteiger partial charge >= 0.3 is 5.97 Å². The lowest BCUT2D eigenvalue weighted by molar-refractivity contribution is -0.155. The lowest BCUT2D eigenvalue weighted by atomic mass is 9.84. The third-order valence-corrected chi connectivity index (χ3v) is 3.68. The van der Waals surface area contributed by atoms with E-state index in [9.17, 15) is 4.79 Å². The molecular weight excluding hydrogens is 270 g/mol. The minimum Gasteiger partial charge on any atom is -0.461 e. The number of rotatable bonds is 6. The van der Waals surface area contributed by atoms with Crippen molar-refractivity contribution in [1.82, 2.24) is 0 Å². The van der Waals surface area contributed by atoms with Gasteiger partial charge in [-0.1, -0.05) is 30.3 Å². The summed E-state index contributed by atoms with van der Waals surface area (Å²) in [7, 11) is 1.58. The minimum absolute atomic E-state index is 0.0325. The second-order valence-corrected chi connectivity index (χ2v) is 5.45. The molecule has 0 heterocycles. The third kappa shape index (κ3) is 5.12. The van der Waals surface area contributed by atoms with Crippen molar-refractivity contribution in [2.45, 2.75) is 38.0 Å². The highest BCUT2D eigenvalue weighted by Crippen LogP contribution is 2.27. The zero-order valence-electron chi connectivity index (χ0n) is 12.4. The van der Waals surface area contributed by atoms with Gasteiger partial charge in [0.15, 0.2) is 0 Å². The fourth-order valence-electron chi connectivity index (χ4n) is 2.65. The summed E-state index contributed by atoms with van der Waals surface area (Å²) in [6.07, 6.45) is 2.01. The first-order chi connectivity index (χ1) is 10.2. The molecule has 0 radical (unpaired) electrons. The van der Waals surface area contributed by atoms with Gasteiger partial charge in [-0.15, -0.1) is 0 Å². The predicted molar refractivity (Wildman–Crippen MR) is 78.3 cm³/mol. The second kappa shape index (κ2) is 8.12. The molecule has 1 aliphatic rings. The van der Waals surface area contributed by atoms with E-state index in [-0.39, 0.29) is 30.8 Å². The summed E-state index contributed by atoms with van der Waals surface area (Å²) in [4.78, 5) is 12.2. The number of nitrogens with two attached hydrogens (primary N) is 1. The van der Waals surface area contributed by atoms with Crippen LogP contribution in [-0.2, 0) is 25.6 Å². The van der Waals surface area contributed by atoms with E-state index in [1.54, 1.807) is 7.11 Å². The average molecular weight is 293 g/mol. The van der Waals surface area contributed by atoms with E-state index in [2.05, 4.69) is 0 Å². The van der Waals surface area contributed by atoms with Crippen molar-refractivity contribution in [2.75, 3.05) is 13.9 Å². The molecule has 1 fully saturated rings. The molecule has 0 amide bonds. The van der Waals surface area contributed by atoms with Gasteiger partial charge in [0.05, 0.1) is 12.0 Å². The van der Waals surface area contributed by atoms with E-state index in [1.165, 1.54) is 0 Å². The molecule has 2 rings (SSSR count). The van der Waals surface area contributed by atoms with E-state index in [4.69, 9.17) is 19.9 Å². The molecule has 0 bridgehead atoms. The van der Waals surface area contributed by atoms with Crippen LogP contribution in [-0.4, -0.2) is 32.0 Å². The maximum absolute atomic E-state index is 12.2. The number of hydrogen-bond donors (Lipinski definition) is 1. The van der Waals surface area contributed by atoms with Crippen LogP contribution in [0.25, 0.3) is 0 Å². The Bertz CT molecular complexity index is 437. The Hall–Kier alpha value is -1.43. The fourth-order valence-corrected chi connectivity index (χ4v) is 2.65. The number of carbonyl (C=O) groups is 1. The minimum atomic E-state index is -0.195. The molecule has 0 aromatic heterocycles. The largest absolute Gasteiger partial charge is 0.461 e. The van der Waals surface area contributed by atoms with Crippen molar-refractivity contribution in [1.29, 1.82) is 0 Å². The summed E-state index contributed by atoms with van der Waals surface area (Å²) in [5, 5.41) is 0. The Morgan fingerprint density at radius 2 is 2.00 bits per heavy atom. The number of methoxy groups -OCH3 is 1. The molecule has 21 heavy (non-hydrogen) atoms. The summed E-state index contributed by atoms with van der Waals surface area (Å²) in [6.45, 7) is 0.526. The molecule has 1 aliphatic carbocycles. The zero-order chi connectivity index (χ0) is 15.1. The number of carbonyl (C=O) groups excluding carboxylic acids is 1. The average Bonchev–Trinajstić information content (AvgIpc) is 2.51. The highest BCUT2D eigenvalue weighted by Gasteiger charge is 2.32. The maximum Gasteiger partial charge on any atom is 0.309 e. The van der Waals surface area contributed by atoms with Gasteiger partial charge < -0.3 is 19.9 Å². The molecule has 116 valence electrons. The highest BCUT2D eigenvalue weighted by atomic mass is 16.7. The van der Waals surface area contributed by atoms with Crippen LogP contribution in [0.3, 0.4) is 0 Å². The maximum atomic E-state index is 12.2. The van der Waals surface area contributed by atoms with Gasteiger partial charge in [-0.2, -0.15) is 0 Å². The summed E-state index contributed by atoms with van der Waals surface area (Å²) < 4.78 is 15.8. The van der Waals surface area contributed by atoms with E-state index in [1.807, 2.05) is 30.3 Å². The van der Waals surface area contributed by atoms with Crippen molar-refractivity contribution in [3.05, 3.63) is 35.9 Å². The van der Waals surface area contributed by atoms with Gasteiger partial charge in [-0.3, -0.25) is 4.79 Å². The van der Waals surface area contributed by atoms with E-state index >= 15 is 0 Å². The van der Waals surface area contributed by atoms with Gasteiger partial charge in [0.25, 0.3) is 0 Å². The summed E-state index contributed by atoms with van der Waals surface area (Å²) in [5.41, 5.74) is 6.99. The Morgan fingerprint density at radius 1 is 1.24 bits per heavy atom. The van der Waals surface area contributed by atoms with Gasteiger partial charge in [0.2, 0.25) is 0 Å². The third-order valence-electron chi connectivity index (χ3n) is 3.68. The molecule has 3 atom stereocenters. The Balaban J connectivity index is 1.83. The molecule has 0 saturated heterocycles. The second-order valence-electron chi connectivity index (χ2n) is 5.45. The molecule has 1 aromatic carbocycles. The normalized spacial score (nSPS) is 25.5. The first-order valence-electron chi connectivity index (χ1n) is 7.25. The Morgan fingerprint density at radius 3 is 2.71 bits per heavy atom. The van der Waals surface area contributed by atoms with Gasteiger partial charge in [-0.25, -0.2) is 0 Å². The number of esters is 1. The monoisotopic (exact) mass is 293 g/mol. The highest BCUT2D eigenvalue weighted by molar-refractivity contribution is 5.72. The van der Waals surface area contributed by atoms with Gasteiger partial charge in [0.1, 0.15) is 13.4 Å². The van der Waals surface area contributed by atoms with Crippen LogP contribution in [0.1, 0.15) is 24.8 Å². The fraction of sp³-hybridized carbons (Fsp3) is 0.562. The molecule has 0 spiro atoms. The van der Waals surface area contributed by atoms with Crippen LogP contribution in [0, 0.1) is 5.92 Å². The van der Waals surface area contributed by atoms with Crippen LogP contribution < -0.4 is 5.73 Å². The van der Waals surface area contributed by atoms with Crippen LogP contribution >= 0.6 is 0 Å². The van der Waals surface area contributed by atoms with E-state index in [0.717, 1.165) is 12.0 Å². The van der Waals surface area contributed by atoms with Crippen LogP contribution in [0.5, 0.6) is 0 Å². The van der Waals surface area contributed by atoms with Crippen molar-refractivity contribution < 1.29 is 19.0 Å². The molecule has 2 N–H and O–H groups in total. The molecule has 1 aromatic rings. The summed E-state index contributed by atoms with van der Waals surface area (Å²) in [5.74, 6) is -0.390. The molecule has 5 nitrogen and oxygen atoms in total. The quantitative estimate of drug-likeness (QED) is 0.640. The molecule has 5 heteroatoms. The van der Waals surface area contributed by atoms with Gasteiger partial charge in [0, 0.05) is 13.2 Å². The van der Waals surface area contributed by atoms with Crippen molar-refractivity contribution in [2.24, 2.45) is 11.7 Å². The predicted octanol–water partition coefficient (Wildman–Crippen LogP) is 1.85. The topological polar surface area (TPSA) is 70.8 Å². The molecule has 1 saturated carbocycles. The molecule has 0 unspecified atom stereocenters. The van der Waals surface area contributed by atoms with Crippen LogP contribution in [0.4, 0.5) is 0 Å². The smallest absolute Gasteiger partial charge is 0.309 e. The Labute approximate surface area is 125 Å². The molecule has 0 aliphatic heterocycles. The number of ether oxygens (including phenoxy) is 3. The summed E-state index contributed by atoms with van der Waals surface area (Å²) in [6, 6.07) is 9.62. The Kier molecular flexibility index (Phi) is 6.17. The number of benzene rings is 1. The first kappa shape index (κ1) is 15.9. The van der Waals surface area contributed by atoms with E-state index < -0.39 is 0 Å². The zero-order valence-corrected chi connectivity index (χ0v) is 12.4. The SMILES string of the molecule is COCO[C@H]1C[C@@H](N)C[C@@H](C(=O)OCc2ccccc2)C1. The van der Waals surface area contributed by atoms with E-state index in [0.29, 0.717) is 19.4 Å². The lowest BCUT2D eigenvalue weighted by Gasteiger charge is -2.31. The number of hydrogen-bond acceptors (Lipinski definition) is 5. The van der Waals surface area contributed by atoms with Crippen molar-refractivity contribution in [3.8, 4) is 0 Å². The first-order valence-corrected chi connectivity index (χ1v) is 7.25. The van der Waals surface area contributed by atoms with Crippen LogP contribution in [0.15, 0.2) is 30.3 Å². The molecular formula is C16H23NO4. The van der Waals surface area contributed by atoms with Crippen LogP contribution in [0.2, 0.25) is 0 Å². The summed E-state index contributed by atoms with van der Waals surface area (Å²) >= 11 is 0. The standard InChI is InChI=1S/C16H23NO4/c1-19-11-21-15-8-13(7-14(17)9-15)16(18)20-10-12-5-3-2-4-6-12/h2-6,13-15H,7-11,17H2,1H3/t13-,14+,15-/m1/s1. The van der Waals surface area contributed by atoms with Gasteiger partial charge in [-0.05, 0) is 24.8 Å². The van der Waals surface area contributed by atoms with Crippen molar-refractivity contribution in [3.63, 3.8) is 0 Å². The lowest BCUT2D eigenvalue weighted by Crippen LogP contribution is -2.40. The van der Waals surface area contributed by atoms with Crippen molar-refractivity contribution >= 4 is 5.97 Å².